The zero-order valence-corrected chi connectivity index (χ0v) is 14.8. The van der Waals surface area contributed by atoms with E-state index in [2.05, 4.69) is 10.1 Å². The van der Waals surface area contributed by atoms with Gasteiger partial charge in [-0.2, -0.15) is 0 Å². The van der Waals surface area contributed by atoms with Gasteiger partial charge in [0.15, 0.2) is 6.10 Å². The smallest absolute Gasteiger partial charge is 0.408 e. The van der Waals surface area contributed by atoms with Gasteiger partial charge in [0.05, 0.1) is 19.6 Å². The molecule has 9 heteroatoms. The van der Waals surface area contributed by atoms with Crippen molar-refractivity contribution in [2.24, 2.45) is 5.41 Å². The van der Waals surface area contributed by atoms with Crippen molar-refractivity contribution in [3.63, 3.8) is 0 Å². The summed E-state index contributed by atoms with van der Waals surface area (Å²) in [7, 11) is 0. The quantitative estimate of drug-likeness (QED) is 0.680. The number of aliphatic hydroxyl groups excluding tert-OH is 1. The largest absolute Gasteiger partial charge is 0.436 e. The van der Waals surface area contributed by atoms with Crippen molar-refractivity contribution < 1.29 is 33.7 Å². The molecule has 2 N–H and O–H groups in total. The third-order valence-corrected chi connectivity index (χ3v) is 3.93. The number of carbonyl (C=O) groups is 3. The molecule has 0 aromatic rings. The molecule has 0 aliphatic carbocycles. The van der Waals surface area contributed by atoms with Crippen LogP contribution < -0.4 is 5.32 Å². The second-order valence-electron chi connectivity index (χ2n) is 7.43. The molecule has 25 heavy (non-hydrogen) atoms. The lowest BCUT2D eigenvalue weighted by Gasteiger charge is -2.32. The van der Waals surface area contributed by atoms with Crippen molar-refractivity contribution >= 4 is 18.0 Å². The third kappa shape index (κ3) is 5.86. The molecule has 0 aromatic carbocycles. The van der Waals surface area contributed by atoms with Crippen LogP contribution in [0.25, 0.3) is 0 Å². The topological polar surface area (TPSA) is 114 Å². The second-order valence-corrected chi connectivity index (χ2v) is 7.43. The van der Waals surface area contributed by atoms with Gasteiger partial charge < -0.3 is 29.5 Å². The van der Waals surface area contributed by atoms with Crippen LogP contribution in [0.15, 0.2) is 0 Å². The lowest BCUT2D eigenvalue weighted by Crippen LogP contribution is -2.49. The lowest BCUT2D eigenvalue weighted by molar-refractivity contribution is -0.154. The molecular weight excluding hydrogens is 332 g/mol. The summed E-state index contributed by atoms with van der Waals surface area (Å²) in [6, 6.07) is -0.881. The SMILES string of the molecule is CC(C)(C)C[C@H](OC(=O)N[C@H]1CC(=O)OC1O)C(=O)N1CCOCC1. The maximum absolute atomic E-state index is 12.7. The van der Waals surface area contributed by atoms with Gasteiger partial charge in [-0.05, 0) is 11.8 Å². The van der Waals surface area contributed by atoms with E-state index in [9.17, 15) is 19.5 Å². The van der Waals surface area contributed by atoms with Crippen molar-refractivity contribution in [3.8, 4) is 0 Å². The fraction of sp³-hybridized carbons (Fsp3) is 0.812. The van der Waals surface area contributed by atoms with Crippen molar-refractivity contribution in [2.75, 3.05) is 26.3 Å². The average Bonchev–Trinajstić information content (AvgIpc) is 2.83. The molecule has 2 saturated heterocycles. The molecule has 2 aliphatic heterocycles. The van der Waals surface area contributed by atoms with Crippen LogP contribution in [0.5, 0.6) is 0 Å². The molecule has 2 aliphatic rings. The van der Waals surface area contributed by atoms with E-state index in [1.165, 1.54) is 0 Å². The molecule has 142 valence electrons. The molecule has 9 nitrogen and oxygen atoms in total. The predicted molar refractivity (Wildman–Crippen MR) is 85.4 cm³/mol. The standard InChI is InChI=1S/C16H26N2O7/c1-16(2,3)9-11(13(20)18-4-6-23-7-5-18)24-15(22)17-10-8-12(19)25-14(10)21/h10-11,14,21H,4-9H2,1-3H3,(H,17,22)/t10-,11-,14?/m0/s1. The molecule has 0 radical (unpaired) electrons. The Hall–Kier alpha value is -1.87. The number of rotatable bonds is 4. The van der Waals surface area contributed by atoms with Gasteiger partial charge in [0, 0.05) is 13.1 Å². The number of hydrogen-bond donors (Lipinski definition) is 2. The first-order valence-corrected chi connectivity index (χ1v) is 8.37. The van der Waals surface area contributed by atoms with Crippen LogP contribution >= 0.6 is 0 Å². The number of nitrogens with zero attached hydrogens (tertiary/aromatic N) is 1. The van der Waals surface area contributed by atoms with Gasteiger partial charge >= 0.3 is 12.1 Å². The summed E-state index contributed by atoms with van der Waals surface area (Å²) in [6.45, 7) is 7.65. The summed E-state index contributed by atoms with van der Waals surface area (Å²) >= 11 is 0. The van der Waals surface area contributed by atoms with Crippen LogP contribution in [0.2, 0.25) is 0 Å². The number of morpholine rings is 1. The second kappa shape index (κ2) is 8.01. The zero-order valence-electron chi connectivity index (χ0n) is 14.8. The Bertz CT molecular complexity index is 511. The number of nitrogens with one attached hydrogen (secondary N) is 1. The Morgan fingerprint density at radius 2 is 2.00 bits per heavy atom. The minimum Gasteiger partial charge on any atom is -0.436 e. The van der Waals surface area contributed by atoms with Gasteiger partial charge in [-0.1, -0.05) is 20.8 Å². The monoisotopic (exact) mass is 358 g/mol. The highest BCUT2D eigenvalue weighted by molar-refractivity contribution is 5.84. The normalized spacial score (nSPS) is 25.3. The van der Waals surface area contributed by atoms with E-state index in [4.69, 9.17) is 9.47 Å². The third-order valence-electron chi connectivity index (χ3n) is 3.93. The molecule has 0 bridgehead atoms. The number of cyclic esters (lactones) is 1. The summed E-state index contributed by atoms with van der Waals surface area (Å²) in [5.74, 6) is -0.874. The van der Waals surface area contributed by atoms with Crippen LogP contribution in [0.4, 0.5) is 4.79 Å². The molecule has 0 aromatic heterocycles. The summed E-state index contributed by atoms with van der Waals surface area (Å²) in [4.78, 5) is 37.6. The molecule has 0 saturated carbocycles. The van der Waals surface area contributed by atoms with E-state index in [1.54, 1.807) is 4.90 Å². The predicted octanol–water partition coefficient (Wildman–Crippen LogP) is 0.0101. The molecular formula is C16H26N2O7. The van der Waals surface area contributed by atoms with E-state index in [-0.39, 0.29) is 17.7 Å². The molecule has 1 unspecified atom stereocenters. The maximum atomic E-state index is 12.7. The molecule has 3 atom stereocenters. The summed E-state index contributed by atoms with van der Waals surface area (Å²) in [5.41, 5.74) is -0.237. The maximum Gasteiger partial charge on any atom is 0.408 e. The number of aliphatic hydroxyl groups is 1. The zero-order chi connectivity index (χ0) is 18.6. The average molecular weight is 358 g/mol. The Labute approximate surface area is 146 Å². The minimum atomic E-state index is -1.41. The van der Waals surface area contributed by atoms with Crippen molar-refractivity contribution in [2.45, 2.75) is 52.0 Å². The first kappa shape index (κ1) is 19.5. The van der Waals surface area contributed by atoms with Crippen molar-refractivity contribution in [1.82, 2.24) is 10.2 Å². The number of alkyl carbamates (subject to hydrolysis) is 1. The van der Waals surface area contributed by atoms with Crippen LogP contribution in [-0.2, 0) is 23.8 Å². The molecule has 2 fully saturated rings. The van der Waals surface area contributed by atoms with Crippen LogP contribution in [0.1, 0.15) is 33.6 Å². The van der Waals surface area contributed by atoms with Crippen molar-refractivity contribution in [3.05, 3.63) is 0 Å². The lowest BCUT2D eigenvalue weighted by atomic mass is 9.88. The first-order valence-electron chi connectivity index (χ1n) is 8.37. The van der Waals surface area contributed by atoms with E-state index in [0.29, 0.717) is 32.7 Å². The number of carbonyl (C=O) groups excluding carboxylic acids is 3. The van der Waals surface area contributed by atoms with Gasteiger partial charge in [-0.15, -0.1) is 0 Å². The number of ether oxygens (including phenoxy) is 3. The summed E-state index contributed by atoms with van der Waals surface area (Å²) < 4.78 is 15.1. The molecule has 0 spiro atoms. The Morgan fingerprint density at radius 1 is 1.36 bits per heavy atom. The van der Waals surface area contributed by atoms with Gasteiger partial charge in [0.25, 0.3) is 5.91 Å². The van der Waals surface area contributed by atoms with E-state index >= 15 is 0 Å². The van der Waals surface area contributed by atoms with Crippen LogP contribution in [-0.4, -0.2) is 72.7 Å². The van der Waals surface area contributed by atoms with Gasteiger partial charge in [-0.25, -0.2) is 4.79 Å². The summed E-state index contributed by atoms with van der Waals surface area (Å²) in [5, 5.41) is 11.9. The molecule has 2 amide bonds. The minimum absolute atomic E-state index is 0.141. The first-order chi connectivity index (χ1) is 11.7. The van der Waals surface area contributed by atoms with Crippen LogP contribution in [0.3, 0.4) is 0 Å². The van der Waals surface area contributed by atoms with Crippen LogP contribution in [0, 0.1) is 5.41 Å². The number of hydrogen-bond acceptors (Lipinski definition) is 7. The highest BCUT2D eigenvalue weighted by Crippen LogP contribution is 2.24. The van der Waals surface area contributed by atoms with E-state index < -0.39 is 30.5 Å². The van der Waals surface area contributed by atoms with Crippen molar-refractivity contribution in [1.29, 1.82) is 0 Å². The fourth-order valence-electron chi connectivity index (χ4n) is 2.71. The molecule has 2 heterocycles. The Morgan fingerprint density at radius 3 is 2.52 bits per heavy atom. The van der Waals surface area contributed by atoms with Gasteiger partial charge in [-0.3, -0.25) is 9.59 Å². The number of amides is 2. The Kier molecular flexibility index (Phi) is 6.23. The van der Waals surface area contributed by atoms with Gasteiger partial charge in [0.1, 0.15) is 6.04 Å². The van der Waals surface area contributed by atoms with E-state index in [1.807, 2.05) is 20.8 Å². The highest BCUT2D eigenvalue weighted by atomic mass is 16.6. The van der Waals surface area contributed by atoms with E-state index in [0.717, 1.165) is 0 Å². The van der Waals surface area contributed by atoms with Gasteiger partial charge in [0.2, 0.25) is 6.29 Å². The fourth-order valence-corrected chi connectivity index (χ4v) is 2.71. The summed E-state index contributed by atoms with van der Waals surface area (Å²) in [6.07, 6.45) is -3.01. The molecule has 2 rings (SSSR count). The Balaban J connectivity index is 1.98. The number of esters is 1. The highest BCUT2D eigenvalue weighted by Gasteiger charge is 2.37.